The molecule has 1 unspecified atom stereocenters. The Morgan fingerprint density at radius 2 is 1.79 bits per heavy atom. The van der Waals surface area contributed by atoms with Gasteiger partial charge in [-0.25, -0.2) is 8.42 Å². The second kappa shape index (κ2) is 9.41. The lowest BCUT2D eigenvalue weighted by Gasteiger charge is -2.32. The van der Waals surface area contributed by atoms with E-state index in [2.05, 4.69) is 5.32 Å². The van der Waals surface area contributed by atoms with Crippen molar-refractivity contribution in [1.29, 1.82) is 0 Å². The van der Waals surface area contributed by atoms with E-state index in [1.54, 1.807) is 16.4 Å². The summed E-state index contributed by atoms with van der Waals surface area (Å²) in [6, 6.07) is 13.8. The van der Waals surface area contributed by atoms with Gasteiger partial charge in [-0.2, -0.15) is 4.31 Å². The monoisotopic (exact) mass is 416 g/mol. The summed E-state index contributed by atoms with van der Waals surface area (Å²) < 4.78 is 32.9. The van der Waals surface area contributed by atoms with Crippen LogP contribution >= 0.6 is 0 Å². The molecule has 1 fully saturated rings. The molecule has 29 heavy (non-hydrogen) atoms. The summed E-state index contributed by atoms with van der Waals surface area (Å²) in [5.41, 5.74) is 1.58. The van der Waals surface area contributed by atoms with E-state index in [4.69, 9.17) is 4.74 Å². The Bertz CT molecular complexity index is 924. The molecule has 1 saturated heterocycles. The largest absolute Gasteiger partial charge is 0.492 e. The molecular formula is C22H28N2O4S. The van der Waals surface area contributed by atoms with Crippen molar-refractivity contribution in [3.63, 3.8) is 0 Å². The molecule has 0 radical (unpaired) electrons. The number of sulfonamides is 1. The second-order valence-electron chi connectivity index (χ2n) is 7.40. The maximum Gasteiger partial charge on any atom is 0.251 e. The Morgan fingerprint density at radius 1 is 1.10 bits per heavy atom. The number of amides is 1. The van der Waals surface area contributed by atoms with E-state index in [0.29, 0.717) is 25.3 Å². The minimum absolute atomic E-state index is 0.00487. The third-order valence-corrected chi connectivity index (χ3v) is 7.17. The van der Waals surface area contributed by atoms with E-state index in [-0.39, 0.29) is 16.8 Å². The fraction of sp³-hybridized carbons (Fsp3) is 0.409. The van der Waals surface area contributed by atoms with Crippen LogP contribution in [0.25, 0.3) is 0 Å². The predicted octanol–water partition coefficient (Wildman–Crippen LogP) is 3.37. The number of hydrogen-bond acceptors (Lipinski definition) is 4. The van der Waals surface area contributed by atoms with Gasteiger partial charge in [-0.15, -0.1) is 0 Å². The SMILES string of the molecule is Cc1ccc(OCCNC(=O)c2ccc(S(=O)(=O)N3CCCCC3C)cc2)cc1. The van der Waals surface area contributed by atoms with Crippen molar-refractivity contribution in [2.45, 2.75) is 44.0 Å². The summed E-state index contributed by atoms with van der Waals surface area (Å²) in [7, 11) is -3.53. The standard InChI is InChI=1S/C22H28N2O4S/c1-17-6-10-20(11-7-17)28-16-14-23-22(25)19-8-12-21(13-9-19)29(26,27)24-15-4-3-5-18(24)2/h6-13,18H,3-5,14-16H2,1-2H3,(H,23,25). The Labute approximate surface area is 172 Å². The molecule has 156 valence electrons. The Morgan fingerprint density at radius 3 is 2.45 bits per heavy atom. The number of nitrogens with zero attached hydrogens (tertiary/aromatic N) is 1. The molecule has 0 aliphatic carbocycles. The topological polar surface area (TPSA) is 75.7 Å². The summed E-state index contributed by atoms with van der Waals surface area (Å²) in [6.45, 7) is 5.21. The fourth-order valence-corrected chi connectivity index (χ4v) is 5.11. The number of rotatable bonds is 7. The zero-order valence-electron chi connectivity index (χ0n) is 16.9. The van der Waals surface area contributed by atoms with Crippen molar-refractivity contribution in [1.82, 2.24) is 9.62 Å². The average molecular weight is 417 g/mol. The zero-order valence-corrected chi connectivity index (χ0v) is 17.7. The lowest BCUT2D eigenvalue weighted by atomic mass is 10.1. The van der Waals surface area contributed by atoms with Gasteiger partial charge in [0.05, 0.1) is 11.4 Å². The maximum atomic E-state index is 12.9. The van der Waals surface area contributed by atoms with Crippen LogP contribution in [0.5, 0.6) is 5.75 Å². The molecule has 1 N–H and O–H groups in total. The minimum Gasteiger partial charge on any atom is -0.492 e. The van der Waals surface area contributed by atoms with Crippen molar-refractivity contribution < 1.29 is 17.9 Å². The number of benzene rings is 2. The maximum absolute atomic E-state index is 12.9. The fourth-order valence-electron chi connectivity index (χ4n) is 3.41. The van der Waals surface area contributed by atoms with Gasteiger partial charge in [0.25, 0.3) is 5.91 Å². The van der Waals surface area contributed by atoms with Crippen LogP contribution in [0.15, 0.2) is 53.4 Å². The molecule has 1 atom stereocenters. The molecule has 7 heteroatoms. The molecule has 1 aliphatic rings. The number of piperidine rings is 1. The van der Waals surface area contributed by atoms with E-state index in [1.165, 1.54) is 12.1 Å². The van der Waals surface area contributed by atoms with Crippen molar-refractivity contribution in [3.8, 4) is 5.75 Å². The highest BCUT2D eigenvalue weighted by Gasteiger charge is 2.30. The van der Waals surface area contributed by atoms with Crippen LogP contribution in [-0.4, -0.2) is 44.4 Å². The van der Waals surface area contributed by atoms with Gasteiger partial charge in [-0.1, -0.05) is 24.1 Å². The lowest BCUT2D eigenvalue weighted by Crippen LogP contribution is -2.41. The van der Waals surface area contributed by atoms with Gasteiger partial charge in [0.1, 0.15) is 12.4 Å². The van der Waals surface area contributed by atoms with Gasteiger partial charge in [-0.05, 0) is 63.1 Å². The summed E-state index contributed by atoms with van der Waals surface area (Å²) in [4.78, 5) is 12.5. The average Bonchev–Trinajstić information content (AvgIpc) is 2.72. The first-order valence-electron chi connectivity index (χ1n) is 9.97. The molecule has 2 aromatic carbocycles. The first kappa shape index (κ1) is 21.3. The number of hydrogen-bond donors (Lipinski definition) is 1. The molecule has 3 rings (SSSR count). The molecule has 1 amide bonds. The Hall–Kier alpha value is -2.38. The highest BCUT2D eigenvalue weighted by molar-refractivity contribution is 7.89. The molecule has 0 bridgehead atoms. The van der Waals surface area contributed by atoms with Crippen molar-refractivity contribution in [3.05, 3.63) is 59.7 Å². The highest BCUT2D eigenvalue weighted by atomic mass is 32.2. The van der Waals surface area contributed by atoms with Crippen LogP contribution in [0.2, 0.25) is 0 Å². The molecule has 0 spiro atoms. The van der Waals surface area contributed by atoms with Gasteiger partial charge >= 0.3 is 0 Å². The van der Waals surface area contributed by atoms with E-state index in [0.717, 1.165) is 30.6 Å². The van der Waals surface area contributed by atoms with Crippen LogP contribution in [0, 0.1) is 6.92 Å². The van der Waals surface area contributed by atoms with Crippen LogP contribution in [-0.2, 0) is 10.0 Å². The van der Waals surface area contributed by atoms with E-state index < -0.39 is 10.0 Å². The van der Waals surface area contributed by atoms with Gasteiger partial charge < -0.3 is 10.1 Å². The normalized spacial score (nSPS) is 17.7. The first-order valence-corrected chi connectivity index (χ1v) is 11.4. The van der Waals surface area contributed by atoms with Gasteiger partial charge in [0, 0.05) is 18.2 Å². The lowest BCUT2D eigenvalue weighted by molar-refractivity contribution is 0.0947. The van der Waals surface area contributed by atoms with Crippen LogP contribution < -0.4 is 10.1 Å². The molecule has 1 aliphatic heterocycles. The van der Waals surface area contributed by atoms with Crippen molar-refractivity contribution in [2.24, 2.45) is 0 Å². The van der Waals surface area contributed by atoms with Crippen LogP contribution in [0.4, 0.5) is 0 Å². The summed E-state index contributed by atoms with van der Waals surface area (Å²) in [5.74, 6) is 0.499. The number of carbonyl (C=O) groups excluding carboxylic acids is 1. The third-order valence-electron chi connectivity index (χ3n) is 5.14. The molecular weight excluding hydrogens is 388 g/mol. The van der Waals surface area contributed by atoms with E-state index >= 15 is 0 Å². The van der Waals surface area contributed by atoms with Crippen molar-refractivity contribution in [2.75, 3.05) is 19.7 Å². The van der Waals surface area contributed by atoms with E-state index in [1.807, 2.05) is 38.1 Å². The molecule has 2 aromatic rings. The second-order valence-corrected chi connectivity index (χ2v) is 9.29. The summed E-state index contributed by atoms with van der Waals surface area (Å²) in [5, 5.41) is 2.79. The number of aryl methyl sites for hydroxylation is 1. The van der Waals surface area contributed by atoms with Crippen LogP contribution in [0.1, 0.15) is 42.1 Å². The first-order chi connectivity index (χ1) is 13.9. The highest BCUT2D eigenvalue weighted by Crippen LogP contribution is 2.25. The summed E-state index contributed by atoms with van der Waals surface area (Å²) in [6.07, 6.45) is 2.82. The molecule has 6 nitrogen and oxygen atoms in total. The van der Waals surface area contributed by atoms with Crippen molar-refractivity contribution >= 4 is 15.9 Å². The van der Waals surface area contributed by atoms with Gasteiger partial charge in [-0.3, -0.25) is 4.79 Å². The summed E-state index contributed by atoms with van der Waals surface area (Å²) >= 11 is 0. The Kier molecular flexibility index (Phi) is 6.92. The van der Waals surface area contributed by atoms with Gasteiger partial charge in [0.15, 0.2) is 0 Å². The zero-order chi connectivity index (χ0) is 20.9. The Balaban J connectivity index is 1.53. The number of nitrogens with one attached hydrogen (secondary N) is 1. The van der Waals surface area contributed by atoms with Gasteiger partial charge in [0.2, 0.25) is 10.0 Å². The third kappa shape index (κ3) is 5.36. The molecule has 1 heterocycles. The molecule has 0 saturated carbocycles. The smallest absolute Gasteiger partial charge is 0.251 e. The van der Waals surface area contributed by atoms with E-state index in [9.17, 15) is 13.2 Å². The number of ether oxygens (including phenoxy) is 1. The quantitative estimate of drug-likeness (QED) is 0.702. The number of carbonyl (C=O) groups is 1. The molecule has 0 aromatic heterocycles. The minimum atomic E-state index is -3.53. The van der Waals surface area contributed by atoms with Crippen LogP contribution in [0.3, 0.4) is 0 Å². The predicted molar refractivity (Wildman–Crippen MR) is 113 cm³/mol.